The Hall–Kier alpha value is -0.350. The zero-order chi connectivity index (χ0) is 11.8. The van der Waals surface area contributed by atoms with Crippen molar-refractivity contribution in [2.24, 2.45) is 5.92 Å². The van der Waals surface area contributed by atoms with Crippen LogP contribution in [0.3, 0.4) is 0 Å². The highest BCUT2D eigenvalue weighted by Gasteiger charge is 2.13. The molecule has 0 amide bonds. The van der Waals surface area contributed by atoms with Gasteiger partial charge in [-0.05, 0) is 23.5 Å². The normalized spacial score (nSPS) is 14.7. The molecule has 0 spiro atoms. The first-order chi connectivity index (χ1) is 7.77. The first-order valence-electron chi connectivity index (χ1n) is 6.57. The molecule has 90 valence electrons. The molecule has 1 heteroatoms. The van der Waals surface area contributed by atoms with Crippen LogP contribution in [0.4, 0.5) is 0 Å². The van der Waals surface area contributed by atoms with Gasteiger partial charge in [-0.15, -0.1) is 0 Å². The summed E-state index contributed by atoms with van der Waals surface area (Å²) in [7, 11) is 0.0932. The molecule has 0 aliphatic rings. The minimum absolute atomic E-state index is 0.0932. The number of hydrogen-bond donors (Lipinski definition) is 0. The SMILES string of the molecule is CCCC(C)CP(CCC)c1ccccc1. The molecular formula is C15H25P. The summed E-state index contributed by atoms with van der Waals surface area (Å²) in [6, 6.07) is 11.1. The summed E-state index contributed by atoms with van der Waals surface area (Å²) in [6.07, 6.45) is 6.84. The second kappa shape index (κ2) is 7.85. The molecule has 0 bridgehead atoms. The van der Waals surface area contributed by atoms with E-state index in [1.54, 1.807) is 5.30 Å². The topological polar surface area (TPSA) is 0 Å². The van der Waals surface area contributed by atoms with E-state index < -0.39 is 0 Å². The van der Waals surface area contributed by atoms with Gasteiger partial charge in [0.25, 0.3) is 0 Å². The van der Waals surface area contributed by atoms with Crippen LogP contribution in [0, 0.1) is 5.92 Å². The molecular weight excluding hydrogens is 211 g/mol. The van der Waals surface area contributed by atoms with Gasteiger partial charge in [0, 0.05) is 0 Å². The lowest BCUT2D eigenvalue weighted by Crippen LogP contribution is -2.10. The van der Waals surface area contributed by atoms with E-state index in [0.29, 0.717) is 0 Å². The highest BCUT2D eigenvalue weighted by atomic mass is 31.1. The molecule has 2 atom stereocenters. The predicted octanol–water partition coefficient (Wildman–Crippen LogP) is 4.64. The first-order valence-corrected chi connectivity index (χ1v) is 8.29. The van der Waals surface area contributed by atoms with Crippen molar-refractivity contribution in [3.05, 3.63) is 30.3 Å². The van der Waals surface area contributed by atoms with Crippen molar-refractivity contribution < 1.29 is 0 Å². The lowest BCUT2D eigenvalue weighted by atomic mass is 10.1. The summed E-state index contributed by atoms with van der Waals surface area (Å²) in [4.78, 5) is 0. The van der Waals surface area contributed by atoms with Crippen LogP contribution in [0.5, 0.6) is 0 Å². The van der Waals surface area contributed by atoms with Gasteiger partial charge in [0.2, 0.25) is 0 Å². The van der Waals surface area contributed by atoms with Gasteiger partial charge >= 0.3 is 0 Å². The maximum Gasteiger partial charge on any atom is -0.0240 e. The fourth-order valence-electron chi connectivity index (χ4n) is 2.19. The summed E-state index contributed by atoms with van der Waals surface area (Å²) in [5.41, 5.74) is 0. The Morgan fingerprint density at radius 2 is 1.75 bits per heavy atom. The van der Waals surface area contributed by atoms with Gasteiger partial charge in [-0.1, -0.05) is 78.3 Å². The third-order valence-electron chi connectivity index (χ3n) is 2.93. The monoisotopic (exact) mass is 236 g/mol. The van der Waals surface area contributed by atoms with Gasteiger partial charge in [0.15, 0.2) is 0 Å². The van der Waals surface area contributed by atoms with Gasteiger partial charge in [0.1, 0.15) is 0 Å². The van der Waals surface area contributed by atoms with Gasteiger partial charge in [-0.25, -0.2) is 0 Å². The lowest BCUT2D eigenvalue weighted by molar-refractivity contribution is 0.582. The quantitative estimate of drug-likeness (QED) is 0.605. The fraction of sp³-hybridized carbons (Fsp3) is 0.600. The van der Waals surface area contributed by atoms with E-state index in [2.05, 4.69) is 51.1 Å². The van der Waals surface area contributed by atoms with E-state index >= 15 is 0 Å². The molecule has 16 heavy (non-hydrogen) atoms. The van der Waals surface area contributed by atoms with Crippen LogP contribution < -0.4 is 5.30 Å². The summed E-state index contributed by atoms with van der Waals surface area (Å²) >= 11 is 0. The fourth-order valence-corrected chi connectivity index (χ4v) is 4.92. The number of hydrogen-bond acceptors (Lipinski definition) is 0. The molecule has 0 fully saturated rings. The molecule has 0 nitrogen and oxygen atoms in total. The lowest BCUT2D eigenvalue weighted by Gasteiger charge is -2.21. The van der Waals surface area contributed by atoms with Crippen LogP contribution in [0.1, 0.15) is 40.0 Å². The third-order valence-corrected chi connectivity index (χ3v) is 6.01. The minimum Gasteiger partial charge on any atom is -0.0751 e. The van der Waals surface area contributed by atoms with Crippen LogP contribution in [-0.4, -0.2) is 12.3 Å². The highest BCUT2D eigenvalue weighted by Crippen LogP contribution is 2.38. The first kappa shape index (κ1) is 13.7. The van der Waals surface area contributed by atoms with Gasteiger partial charge in [0.05, 0.1) is 0 Å². The van der Waals surface area contributed by atoms with Crippen LogP contribution in [0.2, 0.25) is 0 Å². The maximum absolute atomic E-state index is 2.41. The smallest absolute Gasteiger partial charge is 0.0240 e. The molecule has 0 saturated carbocycles. The van der Waals surface area contributed by atoms with Crippen molar-refractivity contribution in [3.8, 4) is 0 Å². The molecule has 0 aliphatic carbocycles. The van der Waals surface area contributed by atoms with E-state index in [9.17, 15) is 0 Å². The third kappa shape index (κ3) is 4.66. The zero-order valence-corrected chi connectivity index (χ0v) is 11.8. The van der Waals surface area contributed by atoms with Crippen LogP contribution in [0.15, 0.2) is 30.3 Å². The largest absolute Gasteiger partial charge is 0.0751 e. The number of benzene rings is 1. The van der Waals surface area contributed by atoms with Crippen molar-refractivity contribution in [2.45, 2.75) is 40.0 Å². The van der Waals surface area contributed by atoms with Crippen molar-refractivity contribution in [1.82, 2.24) is 0 Å². The molecule has 2 unspecified atom stereocenters. The second-order valence-corrected chi connectivity index (χ2v) is 7.08. The second-order valence-electron chi connectivity index (χ2n) is 4.68. The Kier molecular flexibility index (Phi) is 6.73. The summed E-state index contributed by atoms with van der Waals surface area (Å²) in [5, 5.41) is 1.60. The van der Waals surface area contributed by atoms with E-state index in [1.165, 1.54) is 31.6 Å². The highest BCUT2D eigenvalue weighted by molar-refractivity contribution is 7.65. The standard InChI is InChI=1S/C15H25P/c1-4-9-14(3)13-16(12-5-2)15-10-7-6-8-11-15/h6-8,10-11,14H,4-5,9,12-13H2,1-3H3. The molecule has 1 aromatic rings. The predicted molar refractivity (Wildman–Crippen MR) is 77.1 cm³/mol. The Morgan fingerprint density at radius 1 is 1.06 bits per heavy atom. The molecule has 1 aromatic carbocycles. The summed E-state index contributed by atoms with van der Waals surface area (Å²) in [6.45, 7) is 7.02. The molecule has 1 rings (SSSR count). The van der Waals surface area contributed by atoms with Crippen molar-refractivity contribution >= 4 is 13.2 Å². The molecule has 0 aliphatic heterocycles. The maximum atomic E-state index is 2.41. The van der Waals surface area contributed by atoms with Crippen molar-refractivity contribution in [1.29, 1.82) is 0 Å². The van der Waals surface area contributed by atoms with Crippen molar-refractivity contribution in [3.63, 3.8) is 0 Å². The summed E-state index contributed by atoms with van der Waals surface area (Å²) in [5.74, 6) is 0.892. The van der Waals surface area contributed by atoms with Crippen LogP contribution in [-0.2, 0) is 0 Å². The number of rotatable bonds is 7. The minimum atomic E-state index is 0.0932. The average Bonchev–Trinajstić information content (AvgIpc) is 2.30. The molecule has 0 saturated heterocycles. The van der Waals surface area contributed by atoms with Crippen LogP contribution in [0.25, 0.3) is 0 Å². The molecule has 0 heterocycles. The van der Waals surface area contributed by atoms with E-state index in [4.69, 9.17) is 0 Å². The van der Waals surface area contributed by atoms with Crippen LogP contribution >= 0.6 is 7.92 Å². The van der Waals surface area contributed by atoms with E-state index in [1.807, 2.05) is 0 Å². The van der Waals surface area contributed by atoms with E-state index in [0.717, 1.165) is 5.92 Å². The van der Waals surface area contributed by atoms with E-state index in [-0.39, 0.29) is 7.92 Å². The molecule has 0 radical (unpaired) electrons. The molecule has 0 N–H and O–H groups in total. The Labute approximate surface area is 102 Å². The van der Waals surface area contributed by atoms with Gasteiger partial charge < -0.3 is 0 Å². The van der Waals surface area contributed by atoms with Gasteiger partial charge in [-0.2, -0.15) is 0 Å². The van der Waals surface area contributed by atoms with Crippen molar-refractivity contribution in [2.75, 3.05) is 12.3 Å². The summed E-state index contributed by atoms with van der Waals surface area (Å²) < 4.78 is 0. The van der Waals surface area contributed by atoms with Gasteiger partial charge in [-0.3, -0.25) is 0 Å². The Bertz CT molecular complexity index is 268. The Balaban J connectivity index is 2.60. The zero-order valence-electron chi connectivity index (χ0n) is 10.9. The average molecular weight is 236 g/mol. The molecule has 0 aromatic heterocycles. The Morgan fingerprint density at radius 3 is 2.31 bits per heavy atom.